The Morgan fingerprint density at radius 2 is 1.06 bits per heavy atom. The van der Waals surface area contributed by atoms with E-state index in [4.69, 9.17) is 0 Å². The lowest BCUT2D eigenvalue weighted by atomic mass is 9.81. The van der Waals surface area contributed by atoms with E-state index in [1.165, 1.54) is 0 Å². The summed E-state index contributed by atoms with van der Waals surface area (Å²) in [6.45, 7) is 1.27. The van der Waals surface area contributed by atoms with Crippen LogP contribution >= 0.6 is 0 Å². The molecule has 1 fully saturated rings. The standard InChI is InChI=1S/C30H32N4O2/c35-29(33-27-16-6-12-23-10-1-3-14-25(23)27)31-19-21-8-5-9-22(18-21)20-32-30(36)34-28-17-7-13-24-11-2-4-15-26(24)28/h1-4,6-7,10-17,21-22H,5,8-9,18-20H2,(H2,31,33,35)(H2,32,34,36). The van der Waals surface area contributed by atoms with Crippen molar-refractivity contribution >= 4 is 45.0 Å². The summed E-state index contributed by atoms with van der Waals surface area (Å²) in [6.07, 6.45) is 4.28. The van der Waals surface area contributed by atoms with E-state index in [2.05, 4.69) is 21.3 Å². The van der Waals surface area contributed by atoms with Crippen LogP contribution in [0.1, 0.15) is 25.7 Å². The van der Waals surface area contributed by atoms with Crippen molar-refractivity contribution in [2.75, 3.05) is 23.7 Å². The summed E-state index contributed by atoms with van der Waals surface area (Å²) in [5.41, 5.74) is 1.63. The van der Waals surface area contributed by atoms with Crippen LogP contribution in [0.3, 0.4) is 0 Å². The highest BCUT2D eigenvalue weighted by atomic mass is 16.2. The van der Waals surface area contributed by atoms with Crippen LogP contribution in [-0.4, -0.2) is 25.2 Å². The zero-order chi connectivity index (χ0) is 24.7. The van der Waals surface area contributed by atoms with E-state index in [0.29, 0.717) is 24.9 Å². The molecule has 0 heterocycles. The van der Waals surface area contributed by atoms with E-state index in [9.17, 15) is 9.59 Å². The molecule has 4 N–H and O–H groups in total. The molecule has 1 saturated carbocycles. The molecule has 0 aromatic heterocycles. The van der Waals surface area contributed by atoms with Gasteiger partial charge in [0.1, 0.15) is 0 Å². The molecule has 2 atom stereocenters. The average molecular weight is 481 g/mol. The van der Waals surface area contributed by atoms with Gasteiger partial charge in [0.25, 0.3) is 0 Å². The molecule has 5 rings (SSSR count). The number of amides is 4. The second-order valence-electron chi connectivity index (χ2n) is 9.62. The molecule has 0 radical (unpaired) electrons. The summed E-state index contributed by atoms with van der Waals surface area (Å²) >= 11 is 0. The second-order valence-corrected chi connectivity index (χ2v) is 9.62. The predicted octanol–water partition coefficient (Wildman–Crippen LogP) is 6.74. The van der Waals surface area contributed by atoms with Crippen molar-refractivity contribution in [3.63, 3.8) is 0 Å². The molecule has 0 aliphatic heterocycles. The molecule has 0 bridgehead atoms. The highest BCUT2D eigenvalue weighted by Crippen LogP contribution is 2.29. The Kier molecular flexibility index (Phi) is 7.31. The van der Waals surface area contributed by atoms with Crippen molar-refractivity contribution < 1.29 is 9.59 Å². The van der Waals surface area contributed by atoms with Crippen LogP contribution in [0.4, 0.5) is 21.0 Å². The number of nitrogens with one attached hydrogen (secondary N) is 4. The third-order valence-corrected chi connectivity index (χ3v) is 7.07. The molecule has 0 spiro atoms. The Morgan fingerprint density at radius 1 is 0.611 bits per heavy atom. The quantitative estimate of drug-likeness (QED) is 0.246. The lowest BCUT2D eigenvalue weighted by Gasteiger charge is -2.29. The average Bonchev–Trinajstić information content (AvgIpc) is 2.91. The summed E-state index contributed by atoms with van der Waals surface area (Å²) < 4.78 is 0. The van der Waals surface area contributed by atoms with Crippen LogP contribution in [0.5, 0.6) is 0 Å². The summed E-state index contributed by atoms with van der Waals surface area (Å²) in [7, 11) is 0. The number of carbonyl (C=O) groups excluding carboxylic acids is 2. The molecule has 4 amide bonds. The van der Waals surface area contributed by atoms with Crippen molar-refractivity contribution in [3.8, 4) is 0 Å². The first kappa shape index (κ1) is 23.7. The van der Waals surface area contributed by atoms with E-state index in [0.717, 1.165) is 58.6 Å². The van der Waals surface area contributed by atoms with Crippen molar-refractivity contribution in [3.05, 3.63) is 84.9 Å². The zero-order valence-corrected chi connectivity index (χ0v) is 20.3. The molecule has 36 heavy (non-hydrogen) atoms. The lowest BCUT2D eigenvalue weighted by molar-refractivity contribution is 0.230. The fraction of sp³-hybridized carbons (Fsp3) is 0.267. The van der Waals surface area contributed by atoms with Gasteiger partial charge >= 0.3 is 12.1 Å². The maximum Gasteiger partial charge on any atom is 0.319 e. The molecule has 184 valence electrons. The Balaban J connectivity index is 1.08. The highest BCUT2D eigenvalue weighted by Gasteiger charge is 2.23. The first-order chi connectivity index (χ1) is 17.7. The first-order valence-electron chi connectivity index (χ1n) is 12.7. The predicted molar refractivity (Wildman–Crippen MR) is 147 cm³/mol. The number of urea groups is 2. The zero-order valence-electron chi connectivity index (χ0n) is 20.3. The third kappa shape index (κ3) is 5.77. The van der Waals surface area contributed by atoms with Gasteiger partial charge in [0.05, 0.1) is 11.4 Å². The summed E-state index contributed by atoms with van der Waals surface area (Å²) in [5.74, 6) is 0.815. The monoisotopic (exact) mass is 480 g/mol. The fourth-order valence-electron chi connectivity index (χ4n) is 5.25. The van der Waals surface area contributed by atoms with Crippen molar-refractivity contribution in [2.24, 2.45) is 11.8 Å². The van der Waals surface area contributed by atoms with Crippen LogP contribution in [0.25, 0.3) is 21.5 Å². The normalized spacial score (nSPS) is 17.4. The van der Waals surface area contributed by atoms with Crippen molar-refractivity contribution in [1.29, 1.82) is 0 Å². The minimum atomic E-state index is -0.180. The minimum absolute atomic E-state index is 0.180. The molecular weight excluding hydrogens is 448 g/mol. The Labute approximate surface area is 211 Å². The van der Waals surface area contributed by atoms with Gasteiger partial charge in [-0.1, -0.05) is 79.2 Å². The minimum Gasteiger partial charge on any atom is -0.338 e. The van der Waals surface area contributed by atoms with Gasteiger partial charge in [-0.15, -0.1) is 0 Å². The van der Waals surface area contributed by atoms with Gasteiger partial charge in [0.15, 0.2) is 0 Å². The largest absolute Gasteiger partial charge is 0.338 e. The van der Waals surface area contributed by atoms with Gasteiger partial charge in [-0.3, -0.25) is 0 Å². The number of hydrogen-bond donors (Lipinski definition) is 4. The van der Waals surface area contributed by atoms with Crippen LogP contribution in [-0.2, 0) is 0 Å². The molecule has 4 aromatic carbocycles. The second kappa shape index (κ2) is 11.1. The van der Waals surface area contributed by atoms with Gasteiger partial charge in [-0.2, -0.15) is 0 Å². The highest BCUT2D eigenvalue weighted by molar-refractivity contribution is 6.02. The van der Waals surface area contributed by atoms with Crippen molar-refractivity contribution in [1.82, 2.24) is 10.6 Å². The van der Waals surface area contributed by atoms with Gasteiger partial charge in [-0.25, -0.2) is 9.59 Å². The summed E-state index contributed by atoms with van der Waals surface area (Å²) in [4.78, 5) is 25.1. The van der Waals surface area contributed by atoms with E-state index in [1.54, 1.807) is 0 Å². The third-order valence-electron chi connectivity index (χ3n) is 7.07. The molecule has 6 heteroatoms. The number of benzene rings is 4. The van der Waals surface area contributed by atoms with Gasteiger partial charge < -0.3 is 21.3 Å². The Morgan fingerprint density at radius 3 is 1.56 bits per heavy atom. The number of rotatable bonds is 6. The smallest absolute Gasteiger partial charge is 0.319 e. The van der Waals surface area contributed by atoms with Gasteiger partial charge in [-0.05, 0) is 54.0 Å². The Hall–Kier alpha value is -4.06. The van der Waals surface area contributed by atoms with E-state index >= 15 is 0 Å². The van der Waals surface area contributed by atoms with Crippen LogP contribution in [0.2, 0.25) is 0 Å². The van der Waals surface area contributed by atoms with Crippen LogP contribution in [0, 0.1) is 11.8 Å². The molecule has 2 unspecified atom stereocenters. The molecule has 1 aliphatic carbocycles. The van der Waals surface area contributed by atoms with E-state index < -0.39 is 0 Å². The number of anilines is 2. The fourth-order valence-corrected chi connectivity index (χ4v) is 5.25. The SMILES string of the molecule is O=C(NCC1CCCC(CNC(=O)Nc2cccc3ccccc23)C1)Nc1cccc2ccccc12. The Bertz CT molecular complexity index is 1260. The molecule has 6 nitrogen and oxygen atoms in total. The maximum absolute atomic E-state index is 12.6. The number of hydrogen-bond acceptors (Lipinski definition) is 2. The molecule has 0 saturated heterocycles. The van der Waals surface area contributed by atoms with E-state index in [-0.39, 0.29) is 12.1 Å². The van der Waals surface area contributed by atoms with Gasteiger partial charge in [0.2, 0.25) is 0 Å². The first-order valence-corrected chi connectivity index (χ1v) is 12.7. The summed E-state index contributed by atoms with van der Waals surface area (Å²) in [6, 6.07) is 27.5. The molecular formula is C30H32N4O2. The summed E-state index contributed by atoms with van der Waals surface area (Å²) in [5, 5.41) is 16.4. The molecule has 1 aliphatic rings. The molecule has 4 aromatic rings. The van der Waals surface area contributed by atoms with Crippen molar-refractivity contribution in [2.45, 2.75) is 25.7 Å². The van der Waals surface area contributed by atoms with Crippen LogP contribution in [0.15, 0.2) is 84.9 Å². The topological polar surface area (TPSA) is 82.3 Å². The maximum atomic E-state index is 12.6. The number of carbonyl (C=O) groups is 2. The lowest BCUT2D eigenvalue weighted by Crippen LogP contribution is -2.38. The van der Waals surface area contributed by atoms with Crippen LogP contribution < -0.4 is 21.3 Å². The van der Waals surface area contributed by atoms with Gasteiger partial charge in [0, 0.05) is 23.9 Å². The van der Waals surface area contributed by atoms with E-state index in [1.807, 2.05) is 84.9 Å². The number of fused-ring (bicyclic) bond motifs is 2.